The SMILES string of the molecule is CCCOC(=O)CCC(=O)Nc1cc(NS(C)(=O)=O)c(OC2CCCCC2)cc1[N+](=O)[O-]. The zero-order chi connectivity index (χ0) is 23.7. The van der Waals surface area contributed by atoms with Crippen molar-refractivity contribution in [3.8, 4) is 5.75 Å². The van der Waals surface area contributed by atoms with Gasteiger partial charge in [-0.1, -0.05) is 13.3 Å². The van der Waals surface area contributed by atoms with Crippen LogP contribution < -0.4 is 14.8 Å². The van der Waals surface area contributed by atoms with Crippen LogP contribution in [0.5, 0.6) is 5.75 Å². The first-order valence-corrected chi connectivity index (χ1v) is 12.4. The van der Waals surface area contributed by atoms with Crippen molar-refractivity contribution in [1.29, 1.82) is 0 Å². The number of carbonyl (C=O) groups excluding carboxylic acids is 2. The molecule has 1 aliphatic carbocycles. The van der Waals surface area contributed by atoms with Crippen molar-refractivity contribution >= 4 is 39.0 Å². The molecule has 1 aliphatic rings. The molecule has 0 spiro atoms. The number of hydrogen-bond acceptors (Lipinski definition) is 8. The van der Waals surface area contributed by atoms with Gasteiger partial charge in [0.15, 0.2) is 5.75 Å². The van der Waals surface area contributed by atoms with Gasteiger partial charge in [0.05, 0.1) is 42.1 Å². The molecule has 0 radical (unpaired) electrons. The second-order valence-corrected chi connectivity index (χ2v) is 9.39. The Morgan fingerprint density at radius 3 is 2.44 bits per heavy atom. The molecule has 2 rings (SSSR count). The molecule has 32 heavy (non-hydrogen) atoms. The number of sulfonamides is 1. The number of amides is 1. The highest BCUT2D eigenvalue weighted by atomic mass is 32.2. The summed E-state index contributed by atoms with van der Waals surface area (Å²) in [7, 11) is -3.72. The molecule has 0 bridgehead atoms. The van der Waals surface area contributed by atoms with Crippen molar-refractivity contribution < 1.29 is 32.4 Å². The highest BCUT2D eigenvalue weighted by Gasteiger charge is 2.25. The van der Waals surface area contributed by atoms with E-state index < -0.39 is 32.5 Å². The third-order valence-electron chi connectivity index (χ3n) is 4.73. The van der Waals surface area contributed by atoms with Crippen LogP contribution in [0.2, 0.25) is 0 Å². The molecule has 1 saturated carbocycles. The standard InChI is InChI=1S/C20H29N3O8S/c1-3-11-30-20(25)10-9-19(24)21-15-12-16(22-32(2,28)29)18(13-17(15)23(26)27)31-14-7-5-4-6-8-14/h12-14,22H,3-11H2,1-2H3,(H,21,24). The molecule has 0 saturated heterocycles. The number of hydrogen-bond donors (Lipinski definition) is 2. The highest BCUT2D eigenvalue weighted by molar-refractivity contribution is 7.92. The number of ether oxygens (including phenoxy) is 2. The van der Waals surface area contributed by atoms with Gasteiger partial charge in [-0.2, -0.15) is 0 Å². The number of nitrogens with one attached hydrogen (secondary N) is 2. The summed E-state index contributed by atoms with van der Waals surface area (Å²) >= 11 is 0. The van der Waals surface area contributed by atoms with Crippen LogP contribution in [0.15, 0.2) is 12.1 Å². The minimum atomic E-state index is -3.72. The van der Waals surface area contributed by atoms with Gasteiger partial charge < -0.3 is 14.8 Å². The summed E-state index contributed by atoms with van der Waals surface area (Å²) in [5.41, 5.74) is -0.665. The lowest BCUT2D eigenvalue weighted by Gasteiger charge is -2.24. The minimum absolute atomic E-state index is 0.0127. The van der Waals surface area contributed by atoms with E-state index >= 15 is 0 Å². The highest BCUT2D eigenvalue weighted by Crippen LogP contribution is 2.38. The van der Waals surface area contributed by atoms with Crippen molar-refractivity contribution in [1.82, 2.24) is 0 Å². The van der Waals surface area contributed by atoms with E-state index in [1.54, 1.807) is 0 Å². The van der Waals surface area contributed by atoms with Gasteiger partial charge in [0.1, 0.15) is 5.69 Å². The van der Waals surface area contributed by atoms with Crippen molar-refractivity contribution in [2.75, 3.05) is 22.9 Å². The molecule has 1 amide bonds. The van der Waals surface area contributed by atoms with Gasteiger partial charge in [-0.25, -0.2) is 8.42 Å². The van der Waals surface area contributed by atoms with Gasteiger partial charge in [0.2, 0.25) is 15.9 Å². The zero-order valence-electron chi connectivity index (χ0n) is 18.2. The number of anilines is 2. The number of carbonyl (C=O) groups is 2. The molecule has 1 aromatic carbocycles. The van der Waals surface area contributed by atoms with Crippen LogP contribution in [0.25, 0.3) is 0 Å². The first-order valence-electron chi connectivity index (χ1n) is 10.5. The summed E-state index contributed by atoms with van der Waals surface area (Å²) in [5, 5.41) is 14.0. The molecule has 0 aliphatic heterocycles. The maximum Gasteiger partial charge on any atom is 0.306 e. The second-order valence-electron chi connectivity index (χ2n) is 7.64. The lowest BCUT2D eigenvalue weighted by Crippen LogP contribution is -2.21. The molecule has 0 atom stereocenters. The predicted molar refractivity (Wildman–Crippen MR) is 118 cm³/mol. The predicted octanol–water partition coefficient (Wildman–Crippen LogP) is 3.35. The van der Waals surface area contributed by atoms with E-state index in [0.717, 1.165) is 50.5 Å². The molecule has 11 nitrogen and oxygen atoms in total. The van der Waals surface area contributed by atoms with Gasteiger partial charge >= 0.3 is 5.97 Å². The number of nitro groups is 1. The van der Waals surface area contributed by atoms with E-state index in [2.05, 4.69) is 10.0 Å². The third-order valence-corrected chi connectivity index (χ3v) is 5.32. The quantitative estimate of drug-likeness (QED) is 0.283. The Labute approximate surface area is 187 Å². The fraction of sp³-hybridized carbons (Fsp3) is 0.600. The maximum atomic E-state index is 12.3. The van der Waals surface area contributed by atoms with Gasteiger partial charge in [0.25, 0.3) is 5.69 Å². The summed E-state index contributed by atoms with van der Waals surface area (Å²) in [6, 6.07) is 2.26. The number of esters is 1. The molecule has 12 heteroatoms. The molecule has 178 valence electrons. The van der Waals surface area contributed by atoms with E-state index in [1.165, 1.54) is 0 Å². The molecule has 0 heterocycles. The molecule has 1 aromatic rings. The van der Waals surface area contributed by atoms with Gasteiger partial charge in [-0.15, -0.1) is 0 Å². The van der Waals surface area contributed by atoms with Crippen molar-refractivity contribution in [2.24, 2.45) is 0 Å². The molecular weight excluding hydrogens is 442 g/mol. The van der Waals surface area contributed by atoms with Crippen LogP contribution in [0.3, 0.4) is 0 Å². The second kappa shape index (κ2) is 11.7. The van der Waals surface area contributed by atoms with Crippen molar-refractivity contribution in [3.63, 3.8) is 0 Å². The fourth-order valence-corrected chi connectivity index (χ4v) is 3.84. The molecule has 0 aromatic heterocycles. The van der Waals surface area contributed by atoms with E-state index in [4.69, 9.17) is 9.47 Å². The number of nitrogens with zero attached hydrogens (tertiary/aromatic N) is 1. The Morgan fingerprint density at radius 1 is 1.16 bits per heavy atom. The largest absolute Gasteiger partial charge is 0.488 e. The van der Waals surface area contributed by atoms with Crippen LogP contribution in [0.4, 0.5) is 17.1 Å². The van der Waals surface area contributed by atoms with Crippen LogP contribution in [0, 0.1) is 10.1 Å². The molecule has 2 N–H and O–H groups in total. The average molecular weight is 472 g/mol. The molecular formula is C20H29N3O8S. The van der Waals surface area contributed by atoms with Crippen molar-refractivity contribution in [3.05, 3.63) is 22.2 Å². The Morgan fingerprint density at radius 2 is 1.84 bits per heavy atom. The number of benzene rings is 1. The van der Waals surface area contributed by atoms with Crippen LogP contribution >= 0.6 is 0 Å². The fourth-order valence-electron chi connectivity index (χ4n) is 3.28. The van der Waals surface area contributed by atoms with Gasteiger partial charge in [-0.05, 0) is 38.2 Å². The van der Waals surface area contributed by atoms with Gasteiger partial charge in [0, 0.05) is 6.42 Å². The van der Waals surface area contributed by atoms with Crippen LogP contribution in [-0.4, -0.2) is 44.2 Å². The van der Waals surface area contributed by atoms with E-state index in [1.807, 2.05) is 6.92 Å². The smallest absolute Gasteiger partial charge is 0.306 e. The summed E-state index contributed by atoms with van der Waals surface area (Å²) in [4.78, 5) is 34.8. The molecule has 1 fully saturated rings. The van der Waals surface area contributed by atoms with E-state index in [0.29, 0.717) is 6.42 Å². The van der Waals surface area contributed by atoms with Gasteiger partial charge in [-0.3, -0.25) is 24.4 Å². The topological polar surface area (TPSA) is 154 Å². The van der Waals surface area contributed by atoms with Crippen molar-refractivity contribution in [2.45, 2.75) is 64.4 Å². The minimum Gasteiger partial charge on any atom is -0.488 e. The zero-order valence-corrected chi connectivity index (χ0v) is 19.0. The summed E-state index contributed by atoms with van der Waals surface area (Å²) < 4.78 is 36.7. The Hall–Kier alpha value is -2.89. The van der Waals surface area contributed by atoms with Crippen LogP contribution in [-0.2, 0) is 24.3 Å². The van der Waals surface area contributed by atoms with E-state index in [-0.39, 0.29) is 42.7 Å². The lowest BCUT2D eigenvalue weighted by atomic mass is 9.98. The molecule has 0 unspecified atom stereocenters. The monoisotopic (exact) mass is 471 g/mol. The Balaban J connectivity index is 2.26. The normalized spacial score (nSPS) is 14.4. The number of rotatable bonds is 11. The third kappa shape index (κ3) is 8.33. The van der Waals surface area contributed by atoms with Crippen LogP contribution in [0.1, 0.15) is 58.3 Å². The Bertz CT molecular complexity index is 942. The summed E-state index contributed by atoms with van der Waals surface area (Å²) in [5.74, 6) is -1.17. The number of nitro benzene ring substituents is 1. The Kier molecular flexibility index (Phi) is 9.24. The lowest BCUT2D eigenvalue weighted by molar-refractivity contribution is -0.384. The first kappa shape index (κ1) is 25.4. The van der Waals surface area contributed by atoms with E-state index in [9.17, 15) is 28.1 Å². The average Bonchev–Trinajstić information content (AvgIpc) is 2.72. The maximum absolute atomic E-state index is 12.3. The summed E-state index contributed by atoms with van der Waals surface area (Å²) in [6.07, 6.45) is 5.49. The first-order chi connectivity index (χ1) is 15.1. The summed E-state index contributed by atoms with van der Waals surface area (Å²) in [6.45, 7) is 2.08.